The van der Waals surface area contributed by atoms with E-state index < -0.39 is 5.97 Å². The number of β-lactam (4-membered cyclic amide) rings is 1. The molecule has 9 nitrogen and oxygen atoms in total. The Kier molecular flexibility index (Phi) is 2.98. The summed E-state index contributed by atoms with van der Waals surface area (Å²) in [5.74, 6) is -1.10. The Balaban J connectivity index is 1.71. The van der Waals surface area contributed by atoms with Gasteiger partial charge in [-0.1, -0.05) is 11.8 Å². The zero-order chi connectivity index (χ0) is 15.4. The Morgan fingerprint density at radius 2 is 2.36 bits per heavy atom. The highest BCUT2D eigenvalue weighted by Crippen LogP contribution is 2.49. The van der Waals surface area contributed by atoms with Gasteiger partial charge in [0.1, 0.15) is 11.7 Å². The quantitative estimate of drug-likeness (QED) is 0.487. The van der Waals surface area contributed by atoms with Crippen molar-refractivity contribution < 1.29 is 14.7 Å². The molecule has 2 saturated heterocycles. The van der Waals surface area contributed by atoms with Crippen LogP contribution in [0.4, 0.5) is 0 Å². The van der Waals surface area contributed by atoms with Crippen LogP contribution in [0.2, 0.25) is 0 Å². The summed E-state index contributed by atoms with van der Waals surface area (Å²) in [5, 5.41) is 26.8. The molecule has 1 aromatic rings. The summed E-state index contributed by atoms with van der Waals surface area (Å²) in [6.45, 7) is 2.65. The van der Waals surface area contributed by atoms with Crippen LogP contribution in [-0.2, 0) is 9.59 Å². The highest BCUT2D eigenvalue weighted by molar-refractivity contribution is 7.99. The maximum absolute atomic E-state index is 12.2. The van der Waals surface area contributed by atoms with Crippen molar-refractivity contribution in [3.05, 3.63) is 11.3 Å². The zero-order valence-corrected chi connectivity index (χ0v) is 12.5. The topological polar surface area (TPSA) is 124 Å². The third kappa shape index (κ3) is 1.73. The van der Waals surface area contributed by atoms with E-state index in [2.05, 4.69) is 25.9 Å². The lowest BCUT2D eigenvalue weighted by Crippen LogP contribution is -2.72. The first-order valence-corrected chi connectivity index (χ1v) is 7.91. The highest BCUT2D eigenvalue weighted by atomic mass is 32.2. The van der Waals surface area contributed by atoms with Gasteiger partial charge in [0.05, 0.1) is 6.04 Å². The minimum Gasteiger partial charge on any atom is -0.477 e. The molecule has 22 heavy (non-hydrogen) atoms. The molecule has 4 heterocycles. The molecule has 2 unspecified atom stereocenters. The highest BCUT2D eigenvalue weighted by Gasteiger charge is 2.61. The van der Waals surface area contributed by atoms with Gasteiger partial charge in [0.2, 0.25) is 11.1 Å². The average molecular weight is 322 g/mol. The van der Waals surface area contributed by atoms with E-state index in [0.717, 1.165) is 18.5 Å². The van der Waals surface area contributed by atoms with E-state index in [0.29, 0.717) is 5.16 Å². The SMILES string of the molecule is CC(Sc1nn[nH]n1)C1=C(C(=O)O)N2C(=O)[C@H]3NCCC1[C@H]32. The number of hydrogen-bond acceptors (Lipinski definition) is 7. The van der Waals surface area contributed by atoms with E-state index in [4.69, 9.17) is 0 Å². The maximum Gasteiger partial charge on any atom is 0.352 e. The van der Waals surface area contributed by atoms with E-state index in [9.17, 15) is 14.7 Å². The zero-order valence-electron chi connectivity index (χ0n) is 11.7. The summed E-state index contributed by atoms with van der Waals surface area (Å²) >= 11 is 1.35. The van der Waals surface area contributed by atoms with Crippen molar-refractivity contribution in [1.82, 2.24) is 30.8 Å². The summed E-state index contributed by atoms with van der Waals surface area (Å²) in [6.07, 6.45) is 0.828. The number of thioether (sulfide) groups is 1. The van der Waals surface area contributed by atoms with Crippen LogP contribution in [0.3, 0.4) is 0 Å². The second-order valence-electron chi connectivity index (χ2n) is 5.59. The van der Waals surface area contributed by atoms with Crippen LogP contribution >= 0.6 is 11.8 Å². The van der Waals surface area contributed by atoms with Gasteiger partial charge in [-0.2, -0.15) is 5.21 Å². The lowest BCUT2D eigenvalue weighted by atomic mass is 9.79. The molecular formula is C12H14N6O3S. The number of aromatic nitrogens is 4. The summed E-state index contributed by atoms with van der Waals surface area (Å²) in [7, 11) is 0. The molecule has 0 radical (unpaired) electrons. The molecule has 1 amide bonds. The first-order chi connectivity index (χ1) is 10.6. The van der Waals surface area contributed by atoms with Crippen molar-refractivity contribution in [1.29, 1.82) is 0 Å². The Bertz CT molecular complexity index is 674. The van der Waals surface area contributed by atoms with E-state index in [1.165, 1.54) is 16.7 Å². The standard InChI is InChI=1S/C12H14N6O3S/c1-4(22-12-14-16-17-15-12)6-5-2-3-13-7-8(5)18(10(7)19)9(6)11(20)21/h4-5,7-8,13H,2-3H2,1H3,(H,20,21)(H,14,15,16,17)/t4?,5?,7-,8+/m0/s1. The smallest absolute Gasteiger partial charge is 0.352 e. The number of rotatable bonds is 4. The van der Waals surface area contributed by atoms with Crippen LogP contribution in [0.5, 0.6) is 0 Å². The summed E-state index contributed by atoms with van der Waals surface area (Å²) in [5.41, 5.74) is 0.952. The number of carbonyl (C=O) groups excluding carboxylic acids is 1. The van der Waals surface area contributed by atoms with Gasteiger partial charge >= 0.3 is 5.97 Å². The predicted octanol–water partition coefficient (Wildman–Crippen LogP) is -0.778. The third-order valence-electron chi connectivity index (χ3n) is 4.54. The second-order valence-corrected chi connectivity index (χ2v) is 6.90. The molecule has 10 heteroatoms. The number of carbonyl (C=O) groups is 2. The fourth-order valence-corrected chi connectivity index (χ4v) is 4.66. The maximum atomic E-state index is 12.2. The summed E-state index contributed by atoms with van der Waals surface area (Å²) in [4.78, 5) is 25.3. The lowest BCUT2D eigenvalue weighted by molar-refractivity contribution is -0.154. The van der Waals surface area contributed by atoms with Gasteiger partial charge in [0.15, 0.2) is 0 Å². The van der Waals surface area contributed by atoms with Gasteiger partial charge < -0.3 is 10.4 Å². The minimum absolute atomic E-state index is 0.0596. The number of nitrogens with one attached hydrogen (secondary N) is 2. The number of H-pyrrole nitrogens is 1. The molecule has 2 fully saturated rings. The number of hydrogen-bond donors (Lipinski definition) is 3. The first kappa shape index (κ1) is 13.7. The molecule has 0 saturated carbocycles. The van der Waals surface area contributed by atoms with Crippen LogP contribution in [0.15, 0.2) is 16.4 Å². The van der Waals surface area contributed by atoms with Crippen molar-refractivity contribution in [3.8, 4) is 0 Å². The number of aromatic amines is 1. The van der Waals surface area contributed by atoms with Crippen LogP contribution in [0.25, 0.3) is 0 Å². The molecule has 0 aromatic carbocycles. The molecule has 3 aliphatic rings. The Morgan fingerprint density at radius 1 is 1.55 bits per heavy atom. The number of tetrazole rings is 1. The molecule has 0 bridgehead atoms. The van der Waals surface area contributed by atoms with Crippen LogP contribution in [0.1, 0.15) is 13.3 Å². The number of aliphatic carboxylic acids is 1. The van der Waals surface area contributed by atoms with E-state index >= 15 is 0 Å². The van der Waals surface area contributed by atoms with Gasteiger partial charge in [0.25, 0.3) is 0 Å². The summed E-state index contributed by atoms with van der Waals surface area (Å²) in [6, 6.07) is -0.302. The average Bonchev–Trinajstić information content (AvgIpc) is 3.10. The Hall–Kier alpha value is -1.94. The normalized spacial score (nSPS) is 31.0. The van der Waals surface area contributed by atoms with E-state index in [1.807, 2.05) is 6.92 Å². The fourth-order valence-electron chi connectivity index (χ4n) is 3.75. The molecule has 0 aliphatic carbocycles. The monoisotopic (exact) mass is 322 g/mol. The number of piperidine rings is 1. The Morgan fingerprint density at radius 3 is 3.05 bits per heavy atom. The number of nitrogens with zero attached hydrogens (tertiary/aromatic N) is 4. The van der Waals surface area contributed by atoms with Gasteiger partial charge in [-0.05, 0) is 30.7 Å². The third-order valence-corrected chi connectivity index (χ3v) is 5.53. The largest absolute Gasteiger partial charge is 0.477 e. The van der Waals surface area contributed by atoms with Crippen LogP contribution in [0, 0.1) is 5.92 Å². The van der Waals surface area contributed by atoms with E-state index in [1.54, 1.807) is 0 Å². The van der Waals surface area contributed by atoms with Gasteiger partial charge in [0, 0.05) is 11.2 Å². The van der Waals surface area contributed by atoms with Crippen LogP contribution in [-0.4, -0.2) is 66.4 Å². The molecule has 3 N–H and O–H groups in total. The Labute approximate surface area is 129 Å². The molecule has 3 aliphatic heterocycles. The van der Waals surface area contributed by atoms with Crippen molar-refractivity contribution in [3.63, 3.8) is 0 Å². The van der Waals surface area contributed by atoms with Crippen LogP contribution < -0.4 is 5.32 Å². The molecule has 4 atom stereocenters. The van der Waals surface area contributed by atoms with Gasteiger partial charge in [-0.25, -0.2) is 4.79 Å². The molecule has 4 rings (SSSR count). The summed E-state index contributed by atoms with van der Waals surface area (Å²) < 4.78 is 0. The fraction of sp³-hybridized carbons (Fsp3) is 0.583. The van der Waals surface area contributed by atoms with E-state index in [-0.39, 0.29) is 34.9 Å². The molecule has 1 aromatic heterocycles. The number of carboxylic acid groups (broad SMARTS) is 1. The first-order valence-electron chi connectivity index (χ1n) is 7.03. The second kappa shape index (κ2) is 4.78. The minimum atomic E-state index is -1.04. The van der Waals surface area contributed by atoms with Crippen molar-refractivity contribution in [2.75, 3.05) is 6.54 Å². The number of amides is 1. The van der Waals surface area contributed by atoms with Crippen molar-refractivity contribution in [2.24, 2.45) is 5.92 Å². The predicted molar refractivity (Wildman–Crippen MR) is 74.7 cm³/mol. The molecule has 116 valence electrons. The molecule has 0 spiro atoms. The number of carboxylic acids is 1. The van der Waals surface area contributed by atoms with Gasteiger partial charge in [-0.3, -0.25) is 9.69 Å². The van der Waals surface area contributed by atoms with Crippen molar-refractivity contribution in [2.45, 2.75) is 35.8 Å². The molecular weight excluding hydrogens is 308 g/mol. The van der Waals surface area contributed by atoms with Gasteiger partial charge in [-0.15, -0.1) is 10.2 Å². The van der Waals surface area contributed by atoms with Crippen molar-refractivity contribution >= 4 is 23.6 Å². The lowest BCUT2D eigenvalue weighted by Gasteiger charge is -2.48.